The van der Waals surface area contributed by atoms with E-state index in [2.05, 4.69) is 15.3 Å². The van der Waals surface area contributed by atoms with Crippen LogP contribution in [0.1, 0.15) is 24.2 Å². The molecule has 2 aromatic rings. The number of nitrogens with one attached hydrogen (secondary N) is 1. The van der Waals surface area contributed by atoms with E-state index >= 15 is 0 Å². The van der Waals surface area contributed by atoms with E-state index in [-0.39, 0.29) is 11.7 Å². The molecule has 0 aliphatic rings. The molecule has 1 aromatic heterocycles. The third kappa shape index (κ3) is 3.23. The van der Waals surface area contributed by atoms with E-state index in [0.717, 1.165) is 12.1 Å². The smallest absolute Gasteiger partial charge is 0.377 e. The number of hydrogen-bond donors (Lipinski definition) is 1. The van der Waals surface area contributed by atoms with Gasteiger partial charge in [-0.15, -0.1) is 0 Å². The second-order valence-electron chi connectivity index (χ2n) is 4.19. The van der Waals surface area contributed by atoms with Crippen molar-refractivity contribution in [3.63, 3.8) is 0 Å². The molecule has 1 N–H and O–H groups in total. The number of halogens is 4. The second kappa shape index (κ2) is 5.44. The Bertz CT molecular complexity index is 584. The molecule has 1 heterocycles. The lowest BCUT2D eigenvalue weighted by Crippen LogP contribution is -2.12. The van der Waals surface area contributed by atoms with Gasteiger partial charge in [0.05, 0.1) is 23.5 Å². The average molecular weight is 285 g/mol. The number of hydrogen-bond acceptors (Lipinski definition) is 3. The number of rotatable bonds is 3. The Morgan fingerprint density at radius 2 is 1.95 bits per heavy atom. The monoisotopic (exact) mass is 285 g/mol. The maximum atomic E-state index is 13.2. The van der Waals surface area contributed by atoms with Gasteiger partial charge in [0, 0.05) is 18.1 Å². The summed E-state index contributed by atoms with van der Waals surface area (Å²) in [5.41, 5.74) is -0.559. The molecule has 0 bridgehead atoms. The molecule has 0 aliphatic heterocycles. The predicted octanol–water partition coefficient (Wildman–Crippen LogP) is 3.81. The van der Waals surface area contributed by atoms with Crippen molar-refractivity contribution >= 4 is 5.69 Å². The van der Waals surface area contributed by atoms with E-state index in [4.69, 9.17) is 0 Å². The van der Waals surface area contributed by atoms with Gasteiger partial charge in [0.25, 0.3) is 0 Å². The van der Waals surface area contributed by atoms with Crippen LogP contribution in [0.5, 0.6) is 0 Å². The molecule has 3 nitrogen and oxygen atoms in total. The van der Waals surface area contributed by atoms with E-state index in [1.807, 2.05) is 0 Å². The van der Waals surface area contributed by atoms with E-state index in [1.165, 1.54) is 24.7 Å². The van der Waals surface area contributed by atoms with Crippen molar-refractivity contribution in [2.75, 3.05) is 5.32 Å². The molecule has 1 unspecified atom stereocenters. The van der Waals surface area contributed by atoms with Gasteiger partial charge in [-0.05, 0) is 25.1 Å². The summed E-state index contributed by atoms with van der Waals surface area (Å²) in [6.45, 7) is 1.72. The fourth-order valence-electron chi connectivity index (χ4n) is 1.69. The minimum Gasteiger partial charge on any atom is -0.377 e. The summed E-state index contributed by atoms with van der Waals surface area (Å²) < 4.78 is 51.0. The van der Waals surface area contributed by atoms with E-state index in [0.29, 0.717) is 5.69 Å². The van der Waals surface area contributed by atoms with Crippen LogP contribution in [0.2, 0.25) is 0 Å². The van der Waals surface area contributed by atoms with Gasteiger partial charge >= 0.3 is 6.18 Å². The molecule has 1 atom stereocenters. The maximum absolute atomic E-state index is 13.2. The fraction of sp³-hybridized carbons (Fsp3) is 0.231. The lowest BCUT2D eigenvalue weighted by atomic mass is 10.1. The summed E-state index contributed by atoms with van der Waals surface area (Å²) in [7, 11) is 0. The highest BCUT2D eigenvalue weighted by atomic mass is 19.4. The summed E-state index contributed by atoms with van der Waals surface area (Å²) in [4.78, 5) is 7.92. The van der Waals surface area contributed by atoms with Crippen LogP contribution in [0, 0.1) is 5.82 Å². The Morgan fingerprint density at radius 1 is 1.20 bits per heavy atom. The van der Waals surface area contributed by atoms with E-state index in [1.54, 1.807) is 6.92 Å². The Balaban J connectivity index is 2.22. The van der Waals surface area contributed by atoms with Crippen LogP contribution in [-0.2, 0) is 6.18 Å². The molecule has 0 saturated heterocycles. The molecule has 0 spiro atoms. The number of nitrogens with zero attached hydrogens (tertiary/aromatic N) is 2. The van der Waals surface area contributed by atoms with Crippen molar-refractivity contribution in [2.24, 2.45) is 0 Å². The Kier molecular flexibility index (Phi) is 3.87. The first-order valence-electron chi connectivity index (χ1n) is 5.77. The highest BCUT2D eigenvalue weighted by Gasteiger charge is 2.34. The van der Waals surface area contributed by atoms with Crippen molar-refractivity contribution < 1.29 is 17.6 Å². The first kappa shape index (κ1) is 14.2. The minimum atomic E-state index is -4.72. The Morgan fingerprint density at radius 3 is 2.55 bits per heavy atom. The highest BCUT2D eigenvalue weighted by Crippen LogP contribution is 2.33. The van der Waals surface area contributed by atoms with Gasteiger partial charge < -0.3 is 5.32 Å². The molecule has 0 amide bonds. The average Bonchev–Trinajstić information content (AvgIpc) is 2.40. The van der Waals surface area contributed by atoms with Gasteiger partial charge in [-0.25, -0.2) is 4.39 Å². The van der Waals surface area contributed by atoms with Crippen LogP contribution >= 0.6 is 0 Å². The third-order valence-corrected chi connectivity index (χ3v) is 2.68. The zero-order valence-corrected chi connectivity index (χ0v) is 10.4. The number of aromatic nitrogens is 2. The van der Waals surface area contributed by atoms with Crippen LogP contribution in [0.4, 0.5) is 23.2 Å². The molecular formula is C13H11F4N3. The van der Waals surface area contributed by atoms with Gasteiger partial charge in [-0.3, -0.25) is 9.97 Å². The van der Waals surface area contributed by atoms with Crippen molar-refractivity contribution in [1.82, 2.24) is 9.97 Å². The predicted molar refractivity (Wildman–Crippen MR) is 65.5 cm³/mol. The Hall–Kier alpha value is -2.18. The van der Waals surface area contributed by atoms with Gasteiger partial charge in [0.2, 0.25) is 0 Å². The van der Waals surface area contributed by atoms with Gasteiger partial charge in [0.1, 0.15) is 5.82 Å². The summed E-state index contributed by atoms with van der Waals surface area (Å²) in [6, 6.07) is 2.42. The van der Waals surface area contributed by atoms with Crippen molar-refractivity contribution in [2.45, 2.75) is 19.1 Å². The van der Waals surface area contributed by atoms with E-state index in [9.17, 15) is 17.6 Å². The highest BCUT2D eigenvalue weighted by molar-refractivity contribution is 5.48. The lowest BCUT2D eigenvalue weighted by molar-refractivity contribution is -0.139. The SMILES string of the molecule is CC(Nc1ccc(F)c(C(F)(F)F)c1)c1cnccn1. The molecule has 7 heteroatoms. The zero-order valence-electron chi connectivity index (χ0n) is 10.4. The molecule has 0 aliphatic carbocycles. The number of benzene rings is 1. The topological polar surface area (TPSA) is 37.8 Å². The van der Waals surface area contributed by atoms with Crippen LogP contribution in [0.25, 0.3) is 0 Å². The summed E-state index contributed by atoms with van der Waals surface area (Å²) in [5, 5.41) is 2.83. The normalized spacial score (nSPS) is 13.1. The van der Waals surface area contributed by atoms with Gasteiger partial charge in [-0.2, -0.15) is 13.2 Å². The largest absolute Gasteiger partial charge is 0.419 e. The quantitative estimate of drug-likeness (QED) is 0.871. The lowest BCUT2D eigenvalue weighted by Gasteiger charge is -2.16. The zero-order chi connectivity index (χ0) is 14.8. The molecular weight excluding hydrogens is 274 g/mol. The fourth-order valence-corrected chi connectivity index (χ4v) is 1.69. The van der Waals surface area contributed by atoms with Gasteiger partial charge in [-0.1, -0.05) is 0 Å². The van der Waals surface area contributed by atoms with Crippen LogP contribution < -0.4 is 5.32 Å². The van der Waals surface area contributed by atoms with Gasteiger partial charge in [0.15, 0.2) is 0 Å². The summed E-state index contributed by atoms with van der Waals surface area (Å²) in [6.07, 6.45) is -0.237. The molecule has 0 saturated carbocycles. The first-order chi connectivity index (χ1) is 9.38. The minimum absolute atomic E-state index is 0.164. The summed E-state index contributed by atoms with van der Waals surface area (Å²) in [5.74, 6) is -1.30. The Labute approximate surface area is 112 Å². The molecule has 1 aromatic carbocycles. The van der Waals surface area contributed by atoms with Crippen molar-refractivity contribution in [1.29, 1.82) is 0 Å². The molecule has 106 valence electrons. The first-order valence-corrected chi connectivity index (χ1v) is 5.77. The number of alkyl halides is 3. The molecule has 0 fully saturated rings. The van der Waals surface area contributed by atoms with Crippen molar-refractivity contribution in [3.8, 4) is 0 Å². The number of anilines is 1. The van der Waals surface area contributed by atoms with Crippen LogP contribution in [0.15, 0.2) is 36.8 Å². The second-order valence-corrected chi connectivity index (χ2v) is 4.19. The standard InChI is InChI=1S/C13H11F4N3/c1-8(12-7-18-4-5-19-12)20-9-2-3-11(14)10(6-9)13(15,16)17/h2-8,20H,1H3. The van der Waals surface area contributed by atoms with Crippen LogP contribution in [-0.4, -0.2) is 9.97 Å². The van der Waals surface area contributed by atoms with E-state index < -0.39 is 17.6 Å². The summed E-state index contributed by atoms with van der Waals surface area (Å²) >= 11 is 0. The maximum Gasteiger partial charge on any atom is 0.419 e. The molecule has 20 heavy (non-hydrogen) atoms. The molecule has 0 radical (unpaired) electrons. The van der Waals surface area contributed by atoms with Crippen LogP contribution in [0.3, 0.4) is 0 Å². The molecule has 2 rings (SSSR count). The van der Waals surface area contributed by atoms with Crippen molar-refractivity contribution in [3.05, 3.63) is 53.9 Å². The third-order valence-electron chi connectivity index (χ3n) is 2.68.